The molecule has 2 heterocycles. The fourth-order valence-electron chi connectivity index (χ4n) is 2.04. The van der Waals surface area contributed by atoms with Crippen LogP contribution in [0.2, 0.25) is 0 Å². The molecule has 0 saturated heterocycles. The summed E-state index contributed by atoms with van der Waals surface area (Å²) in [5.74, 6) is -1.05. The van der Waals surface area contributed by atoms with Crippen LogP contribution in [-0.2, 0) is 11.2 Å². The molecule has 6 heteroatoms. The normalized spacial score (nSPS) is 10.8. The van der Waals surface area contributed by atoms with Gasteiger partial charge in [0.05, 0.1) is 12.1 Å². The van der Waals surface area contributed by atoms with Crippen molar-refractivity contribution >= 4 is 11.6 Å². The number of aromatic nitrogens is 3. The quantitative estimate of drug-likeness (QED) is 0.750. The molecule has 0 aliphatic rings. The number of fused-ring (bicyclic) bond motifs is 1. The number of aromatic amines is 1. The predicted molar refractivity (Wildman–Crippen MR) is 72.6 cm³/mol. The van der Waals surface area contributed by atoms with E-state index in [4.69, 9.17) is 5.11 Å². The summed E-state index contributed by atoms with van der Waals surface area (Å²) >= 11 is 0. The average Bonchev–Trinajstić information content (AvgIpc) is 2.87. The number of nitrogens with one attached hydrogen (secondary N) is 1. The van der Waals surface area contributed by atoms with Gasteiger partial charge in [-0.15, -0.1) is 0 Å². The van der Waals surface area contributed by atoms with Crippen LogP contribution >= 0.6 is 0 Å². The first-order valence-electron chi connectivity index (χ1n) is 6.03. The number of carboxylic acids is 1. The summed E-state index contributed by atoms with van der Waals surface area (Å²) in [4.78, 5) is 25.7. The summed E-state index contributed by atoms with van der Waals surface area (Å²) in [6.07, 6.45) is 1.09. The molecule has 2 N–H and O–H groups in total. The number of hydrogen-bond acceptors (Lipinski definition) is 3. The Balaban J connectivity index is 2.15. The number of rotatable bonds is 3. The molecule has 0 aliphatic heterocycles. The highest BCUT2D eigenvalue weighted by atomic mass is 16.4. The van der Waals surface area contributed by atoms with E-state index in [-0.39, 0.29) is 12.0 Å². The molecule has 0 atom stereocenters. The van der Waals surface area contributed by atoms with E-state index in [0.29, 0.717) is 11.3 Å². The fourth-order valence-corrected chi connectivity index (χ4v) is 2.04. The first kappa shape index (κ1) is 12.2. The lowest BCUT2D eigenvalue weighted by Crippen LogP contribution is -2.21. The molecule has 100 valence electrons. The molecule has 0 amide bonds. The highest BCUT2D eigenvalue weighted by Gasteiger charge is 2.11. The Morgan fingerprint density at radius 2 is 2.05 bits per heavy atom. The minimum absolute atomic E-state index is 0.174. The van der Waals surface area contributed by atoms with Crippen molar-refractivity contribution in [2.45, 2.75) is 6.42 Å². The molecule has 0 fully saturated rings. The SMILES string of the molecule is O=C(O)Cc1c[nH]c2cc(-c3ccccc3)nn2c1=O. The topological polar surface area (TPSA) is 87.5 Å². The summed E-state index contributed by atoms with van der Waals surface area (Å²) in [7, 11) is 0. The lowest BCUT2D eigenvalue weighted by atomic mass is 10.2. The molecule has 3 rings (SSSR count). The number of benzene rings is 1. The zero-order valence-corrected chi connectivity index (χ0v) is 10.4. The molecular weight excluding hydrogens is 258 g/mol. The molecule has 0 radical (unpaired) electrons. The Bertz CT molecular complexity index is 834. The monoisotopic (exact) mass is 269 g/mol. The molecule has 0 unspecified atom stereocenters. The minimum atomic E-state index is -1.05. The van der Waals surface area contributed by atoms with Crippen LogP contribution in [0.5, 0.6) is 0 Å². The van der Waals surface area contributed by atoms with Gasteiger partial charge in [-0.3, -0.25) is 9.59 Å². The van der Waals surface area contributed by atoms with Gasteiger partial charge < -0.3 is 10.1 Å². The van der Waals surface area contributed by atoms with Crippen LogP contribution in [0, 0.1) is 0 Å². The van der Waals surface area contributed by atoms with Gasteiger partial charge >= 0.3 is 5.97 Å². The smallest absolute Gasteiger partial charge is 0.308 e. The molecule has 0 bridgehead atoms. The van der Waals surface area contributed by atoms with Crippen molar-refractivity contribution in [3.8, 4) is 11.3 Å². The highest BCUT2D eigenvalue weighted by molar-refractivity contribution is 5.70. The zero-order chi connectivity index (χ0) is 14.1. The van der Waals surface area contributed by atoms with Crippen LogP contribution in [0.4, 0.5) is 0 Å². The molecule has 6 nitrogen and oxygen atoms in total. The molecule has 0 spiro atoms. The van der Waals surface area contributed by atoms with E-state index in [1.165, 1.54) is 10.7 Å². The third-order valence-corrected chi connectivity index (χ3v) is 2.98. The molecule has 0 saturated carbocycles. The van der Waals surface area contributed by atoms with Gasteiger partial charge in [-0.25, -0.2) is 0 Å². The molecule has 20 heavy (non-hydrogen) atoms. The first-order valence-corrected chi connectivity index (χ1v) is 6.03. The first-order chi connectivity index (χ1) is 9.65. The van der Waals surface area contributed by atoms with Gasteiger partial charge in [-0.05, 0) is 0 Å². The van der Waals surface area contributed by atoms with Crippen LogP contribution < -0.4 is 5.56 Å². The Hall–Kier alpha value is -2.89. The minimum Gasteiger partial charge on any atom is -0.481 e. The van der Waals surface area contributed by atoms with Gasteiger partial charge in [0, 0.05) is 23.4 Å². The molecule has 2 aromatic heterocycles. The van der Waals surface area contributed by atoms with E-state index < -0.39 is 11.5 Å². The number of hydrogen-bond donors (Lipinski definition) is 2. The lowest BCUT2D eigenvalue weighted by Gasteiger charge is -1.97. The summed E-state index contributed by atoms with van der Waals surface area (Å²) in [6.45, 7) is 0. The van der Waals surface area contributed by atoms with E-state index in [1.54, 1.807) is 6.07 Å². The van der Waals surface area contributed by atoms with Gasteiger partial charge in [0.1, 0.15) is 5.65 Å². The van der Waals surface area contributed by atoms with Crippen molar-refractivity contribution in [2.24, 2.45) is 0 Å². The maximum absolute atomic E-state index is 12.1. The third kappa shape index (κ3) is 2.07. The Morgan fingerprint density at radius 1 is 1.30 bits per heavy atom. The van der Waals surface area contributed by atoms with Gasteiger partial charge in [0.15, 0.2) is 0 Å². The maximum atomic E-state index is 12.1. The van der Waals surface area contributed by atoms with Gasteiger partial charge in [0.25, 0.3) is 5.56 Å². The Labute approximate surface area is 113 Å². The van der Waals surface area contributed by atoms with Crippen molar-refractivity contribution in [1.29, 1.82) is 0 Å². The molecule has 3 aromatic rings. The summed E-state index contributed by atoms with van der Waals surface area (Å²) in [6, 6.07) is 11.2. The second-order valence-corrected chi connectivity index (χ2v) is 4.38. The van der Waals surface area contributed by atoms with Crippen LogP contribution in [0.1, 0.15) is 5.56 Å². The standard InChI is InChI=1S/C14H11N3O3/c18-13(19)6-10-8-15-12-7-11(16-17(12)14(10)20)9-4-2-1-3-5-9/h1-5,7-8,15H,6H2,(H,18,19). The number of aliphatic carboxylic acids is 1. The second-order valence-electron chi connectivity index (χ2n) is 4.38. The van der Waals surface area contributed by atoms with Crippen molar-refractivity contribution in [2.75, 3.05) is 0 Å². The summed E-state index contributed by atoms with van der Waals surface area (Å²) < 4.78 is 1.20. The van der Waals surface area contributed by atoms with Crippen molar-refractivity contribution in [1.82, 2.24) is 14.6 Å². The number of H-pyrrole nitrogens is 1. The largest absolute Gasteiger partial charge is 0.481 e. The van der Waals surface area contributed by atoms with Crippen molar-refractivity contribution < 1.29 is 9.90 Å². The van der Waals surface area contributed by atoms with Gasteiger partial charge in [0.2, 0.25) is 0 Å². The van der Waals surface area contributed by atoms with Gasteiger partial charge in [-0.1, -0.05) is 30.3 Å². The molecule has 1 aromatic carbocycles. The van der Waals surface area contributed by atoms with Crippen LogP contribution in [0.15, 0.2) is 47.4 Å². The van der Waals surface area contributed by atoms with E-state index in [2.05, 4.69) is 10.1 Å². The number of nitrogens with zero attached hydrogens (tertiary/aromatic N) is 2. The van der Waals surface area contributed by atoms with E-state index in [0.717, 1.165) is 5.56 Å². The van der Waals surface area contributed by atoms with Gasteiger partial charge in [-0.2, -0.15) is 9.61 Å². The highest BCUT2D eigenvalue weighted by Crippen LogP contribution is 2.17. The summed E-state index contributed by atoms with van der Waals surface area (Å²) in [5, 5.41) is 13.0. The predicted octanol–water partition coefficient (Wildman–Crippen LogP) is 1.32. The van der Waals surface area contributed by atoms with E-state index in [1.807, 2.05) is 30.3 Å². The average molecular weight is 269 g/mol. The summed E-state index contributed by atoms with van der Waals surface area (Å²) in [5.41, 5.74) is 1.84. The maximum Gasteiger partial charge on any atom is 0.308 e. The number of carboxylic acid groups (broad SMARTS) is 1. The van der Waals surface area contributed by atoms with E-state index in [9.17, 15) is 9.59 Å². The molecule has 0 aliphatic carbocycles. The van der Waals surface area contributed by atoms with Crippen LogP contribution in [0.3, 0.4) is 0 Å². The molecular formula is C14H11N3O3. The van der Waals surface area contributed by atoms with E-state index >= 15 is 0 Å². The van der Waals surface area contributed by atoms with Crippen molar-refractivity contribution in [3.05, 3.63) is 58.5 Å². The Morgan fingerprint density at radius 3 is 2.75 bits per heavy atom. The lowest BCUT2D eigenvalue weighted by molar-refractivity contribution is -0.136. The second kappa shape index (κ2) is 4.65. The third-order valence-electron chi connectivity index (χ3n) is 2.98. The van der Waals surface area contributed by atoms with Crippen LogP contribution in [0.25, 0.3) is 16.9 Å². The fraction of sp³-hybridized carbons (Fsp3) is 0.0714. The van der Waals surface area contributed by atoms with Crippen molar-refractivity contribution in [3.63, 3.8) is 0 Å². The van der Waals surface area contributed by atoms with Crippen LogP contribution in [-0.4, -0.2) is 25.7 Å². The number of carbonyl (C=O) groups is 1. The zero-order valence-electron chi connectivity index (χ0n) is 10.4. The Kier molecular flexibility index (Phi) is 2.83.